The van der Waals surface area contributed by atoms with Crippen LogP contribution in [0.3, 0.4) is 0 Å². The van der Waals surface area contributed by atoms with E-state index in [0.717, 1.165) is 11.1 Å². The second kappa shape index (κ2) is 7.11. The first-order valence-electron chi connectivity index (χ1n) is 7.21. The normalized spacial score (nSPS) is 12.8. The summed E-state index contributed by atoms with van der Waals surface area (Å²) in [5, 5.41) is 3.96. The smallest absolute Gasteiger partial charge is 0.224 e. The van der Waals surface area contributed by atoms with E-state index in [2.05, 4.69) is 5.32 Å². The summed E-state index contributed by atoms with van der Waals surface area (Å²) in [6.45, 7) is 1.44. The first-order chi connectivity index (χ1) is 11.1. The lowest BCUT2D eigenvalue weighted by Crippen LogP contribution is -2.24. The maximum Gasteiger partial charge on any atom is 0.224 e. The summed E-state index contributed by atoms with van der Waals surface area (Å²) in [4.78, 5) is 12.1. The van der Waals surface area contributed by atoms with Gasteiger partial charge in [0.25, 0.3) is 0 Å². The van der Waals surface area contributed by atoms with Gasteiger partial charge in [0.05, 0.1) is 6.42 Å². The van der Waals surface area contributed by atoms with Crippen molar-refractivity contribution in [2.75, 3.05) is 13.2 Å². The van der Waals surface area contributed by atoms with Crippen molar-refractivity contribution in [3.05, 3.63) is 57.6 Å². The van der Waals surface area contributed by atoms with Gasteiger partial charge >= 0.3 is 0 Å². The molecular weight excluding hydrogens is 337 g/mol. The molecule has 0 fully saturated rings. The summed E-state index contributed by atoms with van der Waals surface area (Å²) in [5.74, 6) is 1.31. The van der Waals surface area contributed by atoms with Crippen LogP contribution in [-0.4, -0.2) is 19.1 Å². The van der Waals surface area contributed by atoms with Gasteiger partial charge in [-0.05, 0) is 35.4 Å². The standard InChI is InChI=1S/C17H15Cl2NO3/c18-13-3-2-12(14(19)9-13)10-20-17(21)8-11-1-4-15-16(7-11)23-6-5-22-15/h1-4,7,9H,5-6,8,10H2,(H,20,21). The largest absolute Gasteiger partial charge is 0.486 e. The minimum atomic E-state index is -0.0901. The summed E-state index contributed by atoms with van der Waals surface area (Å²) in [7, 11) is 0. The molecule has 1 aliphatic rings. The molecule has 4 nitrogen and oxygen atoms in total. The fraction of sp³-hybridized carbons (Fsp3) is 0.235. The van der Waals surface area contributed by atoms with Crippen molar-refractivity contribution in [2.24, 2.45) is 0 Å². The van der Waals surface area contributed by atoms with Crippen molar-refractivity contribution < 1.29 is 14.3 Å². The second-order valence-corrected chi connectivity index (χ2v) is 6.01. The Morgan fingerprint density at radius 1 is 1.04 bits per heavy atom. The van der Waals surface area contributed by atoms with Crippen LogP contribution in [0.2, 0.25) is 10.0 Å². The molecular formula is C17H15Cl2NO3. The van der Waals surface area contributed by atoms with Gasteiger partial charge in [0, 0.05) is 16.6 Å². The zero-order chi connectivity index (χ0) is 16.2. The number of carbonyl (C=O) groups excluding carboxylic acids is 1. The van der Waals surface area contributed by atoms with Crippen molar-refractivity contribution >= 4 is 29.1 Å². The van der Waals surface area contributed by atoms with Crippen molar-refractivity contribution in [2.45, 2.75) is 13.0 Å². The van der Waals surface area contributed by atoms with Gasteiger partial charge in [0.1, 0.15) is 13.2 Å². The lowest BCUT2D eigenvalue weighted by Gasteiger charge is -2.18. The van der Waals surface area contributed by atoms with E-state index in [4.69, 9.17) is 32.7 Å². The Hall–Kier alpha value is -1.91. The van der Waals surface area contributed by atoms with E-state index in [0.29, 0.717) is 41.3 Å². The number of benzene rings is 2. The maximum atomic E-state index is 12.1. The average molecular weight is 352 g/mol. The Balaban J connectivity index is 1.59. The van der Waals surface area contributed by atoms with Crippen LogP contribution in [0.25, 0.3) is 0 Å². The Morgan fingerprint density at radius 2 is 1.83 bits per heavy atom. The summed E-state index contributed by atoms with van der Waals surface area (Å²) in [6, 6.07) is 10.7. The van der Waals surface area contributed by atoms with Crippen molar-refractivity contribution in [1.82, 2.24) is 5.32 Å². The van der Waals surface area contributed by atoms with E-state index in [1.54, 1.807) is 18.2 Å². The molecule has 2 aromatic rings. The average Bonchev–Trinajstić information content (AvgIpc) is 2.54. The van der Waals surface area contributed by atoms with Crippen molar-refractivity contribution in [3.8, 4) is 11.5 Å². The third-order valence-electron chi connectivity index (χ3n) is 3.46. The molecule has 1 amide bonds. The zero-order valence-electron chi connectivity index (χ0n) is 12.3. The van der Waals surface area contributed by atoms with Gasteiger partial charge in [0.2, 0.25) is 5.91 Å². The molecule has 6 heteroatoms. The molecule has 0 atom stereocenters. The minimum absolute atomic E-state index is 0.0901. The molecule has 23 heavy (non-hydrogen) atoms. The van der Waals surface area contributed by atoms with Crippen molar-refractivity contribution in [1.29, 1.82) is 0 Å². The van der Waals surface area contributed by atoms with Gasteiger partial charge in [-0.25, -0.2) is 0 Å². The summed E-state index contributed by atoms with van der Waals surface area (Å²) in [5.41, 5.74) is 1.69. The highest BCUT2D eigenvalue weighted by Gasteiger charge is 2.13. The Bertz CT molecular complexity index is 734. The topological polar surface area (TPSA) is 47.6 Å². The lowest BCUT2D eigenvalue weighted by molar-refractivity contribution is -0.120. The fourth-order valence-electron chi connectivity index (χ4n) is 2.30. The van der Waals surface area contributed by atoms with Crippen LogP contribution in [0, 0.1) is 0 Å². The third-order valence-corrected chi connectivity index (χ3v) is 4.05. The molecule has 1 N–H and O–H groups in total. The molecule has 0 aromatic heterocycles. The molecule has 0 unspecified atom stereocenters. The predicted molar refractivity (Wildman–Crippen MR) is 89.4 cm³/mol. The molecule has 0 radical (unpaired) electrons. The van der Waals surface area contributed by atoms with Gasteiger partial charge < -0.3 is 14.8 Å². The van der Waals surface area contributed by atoms with E-state index in [9.17, 15) is 4.79 Å². The molecule has 0 saturated carbocycles. The predicted octanol–water partition coefficient (Wildman–Crippen LogP) is 3.62. The van der Waals surface area contributed by atoms with Crippen LogP contribution in [0.4, 0.5) is 0 Å². The van der Waals surface area contributed by atoms with E-state index < -0.39 is 0 Å². The minimum Gasteiger partial charge on any atom is -0.486 e. The molecule has 3 rings (SSSR count). The Kier molecular flexibility index (Phi) is 4.94. The van der Waals surface area contributed by atoms with Crippen LogP contribution in [-0.2, 0) is 17.8 Å². The van der Waals surface area contributed by atoms with Gasteiger partial charge in [0.15, 0.2) is 11.5 Å². The van der Waals surface area contributed by atoms with E-state index in [1.165, 1.54) is 0 Å². The number of hydrogen-bond donors (Lipinski definition) is 1. The molecule has 0 saturated heterocycles. The number of fused-ring (bicyclic) bond motifs is 1. The van der Waals surface area contributed by atoms with Crippen LogP contribution in [0.15, 0.2) is 36.4 Å². The second-order valence-electron chi connectivity index (χ2n) is 5.17. The Labute approximate surface area is 144 Å². The van der Waals surface area contributed by atoms with Gasteiger partial charge in [-0.2, -0.15) is 0 Å². The van der Waals surface area contributed by atoms with Crippen LogP contribution in [0.1, 0.15) is 11.1 Å². The number of ether oxygens (including phenoxy) is 2. The number of amides is 1. The monoisotopic (exact) mass is 351 g/mol. The summed E-state index contributed by atoms with van der Waals surface area (Å²) in [6.07, 6.45) is 0.266. The SMILES string of the molecule is O=C(Cc1ccc2c(c1)OCCO2)NCc1ccc(Cl)cc1Cl. The van der Waals surface area contributed by atoms with Gasteiger partial charge in [-0.3, -0.25) is 4.79 Å². The highest BCUT2D eigenvalue weighted by Crippen LogP contribution is 2.30. The van der Waals surface area contributed by atoms with Gasteiger partial charge in [-0.1, -0.05) is 35.3 Å². The first-order valence-corrected chi connectivity index (χ1v) is 7.96. The molecule has 1 heterocycles. The number of hydrogen-bond acceptors (Lipinski definition) is 3. The summed E-state index contributed by atoms with van der Waals surface area (Å²) < 4.78 is 11.0. The number of carbonyl (C=O) groups is 1. The van der Waals surface area contributed by atoms with E-state index >= 15 is 0 Å². The number of nitrogens with one attached hydrogen (secondary N) is 1. The van der Waals surface area contributed by atoms with Gasteiger partial charge in [-0.15, -0.1) is 0 Å². The zero-order valence-corrected chi connectivity index (χ0v) is 13.8. The number of rotatable bonds is 4. The molecule has 120 valence electrons. The molecule has 0 spiro atoms. The molecule has 2 aromatic carbocycles. The Morgan fingerprint density at radius 3 is 2.61 bits per heavy atom. The maximum absolute atomic E-state index is 12.1. The van der Waals surface area contributed by atoms with Crippen LogP contribution >= 0.6 is 23.2 Å². The highest BCUT2D eigenvalue weighted by molar-refractivity contribution is 6.35. The number of halogens is 2. The van der Waals surface area contributed by atoms with Crippen LogP contribution in [0.5, 0.6) is 11.5 Å². The third kappa shape index (κ3) is 4.09. The van der Waals surface area contributed by atoms with Crippen LogP contribution < -0.4 is 14.8 Å². The molecule has 1 aliphatic heterocycles. The quantitative estimate of drug-likeness (QED) is 0.914. The fourth-order valence-corrected chi connectivity index (χ4v) is 2.78. The molecule has 0 aliphatic carbocycles. The first kappa shape index (κ1) is 16.0. The van der Waals surface area contributed by atoms with E-state index in [1.807, 2.05) is 18.2 Å². The summed E-state index contributed by atoms with van der Waals surface area (Å²) >= 11 is 11.9. The van der Waals surface area contributed by atoms with Crippen molar-refractivity contribution in [3.63, 3.8) is 0 Å². The van der Waals surface area contributed by atoms with E-state index in [-0.39, 0.29) is 12.3 Å². The highest BCUT2D eigenvalue weighted by atomic mass is 35.5. The molecule has 0 bridgehead atoms. The lowest BCUT2D eigenvalue weighted by atomic mass is 10.1.